The maximum atomic E-state index is 3.85. The van der Waals surface area contributed by atoms with Crippen molar-refractivity contribution in [2.75, 3.05) is 19.6 Å². The lowest BCUT2D eigenvalue weighted by atomic mass is 9.83. The molecule has 106 valence electrons. The fraction of sp³-hybridized carbons (Fsp3) is 1.00. The maximum absolute atomic E-state index is 3.85. The first-order valence-corrected chi connectivity index (χ1v) is 8.03. The van der Waals surface area contributed by atoms with E-state index in [1.807, 2.05) is 0 Å². The van der Waals surface area contributed by atoms with Crippen molar-refractivity contribution < 1.29 is 0 Å². The summed E-state index contributed by atoms with van der Waals surface area (Å²) >= 11 is 0. The number of nitrogens with zero attached hydrogens (tertiary/aromatic N) is 1. The first-order valence-electron chi connectivity index (χ1n) is 8.03. The molecule has 18 heavy (non-hydrogen) atoms. The Labute approximate surface area is 114 Å². The lowest BCUT2D eigenvalue weighted by Gasteiger charge is -2.42. The molecule has 0 aromatic carbocycles. The van der Waals surface area contributed by atoms with Gasteiger partial charge in [0.2, 0.25) is 0 Å². The third-order valence-electron chi connectivity index (χ3n) is 5.10. The van der Waals surface area contributed by atoms with Crippen LogP contribution in [0.5, 0.6) is 0 Å². The zero-order valence-corrected chi connectivity index (χ0v) is 12.8. The highest BCUT2D eigenvalue weighted by molar-refractivity contribution is 4.87. The van der Waals surface area contributed by atoms with Gasteiger partial charge in [0.25, 0.3) is 0 Å². The summed E-state index contributed by atoms with van der Waals surface area (Å²) in [6.07, 6.45) is 5.76. The number of rotatable bonds is 5. The van der Waals surface area contributed by atoms with Gasteiger partial charge in [-0.15, -0.1) is 0 Å². The zero-order valence-electron chi connectivity index (χ0n) is 12.8. The number of hydrogen-bond donors (Lipinski definition) is 1. The van der Waals surface area contributed by atoms with E-state index in [9.17, 15) is 0 Å². The molecule has 2 heteroatoms. The molecule has 1 N–H and O–H groups in total. The zero-order chi connectivity index (χ0) is 13.1. The Bertz CT molecular complexity index is 229. The van der Waals surface area contributed by atoms with Crippen molar-refractivity contribution in [3.63, 3.8) is 0 Å². The molecule has 2 aliphatic rings. The molecule has 1 aliphatic heterocycles. The molecule has 2 rings (SSSR count). The second kappa shape index (κ2) is 6.38. The van der Waals surface area contributed by atoms with E-state index in [0.29, 0.717) is 6.04 Å². The van der Waals surface area contributed by atoms with Crippen molar-refractivity contribution in [2.24, 2.45) is 17.8 Å². The number of piperidine rings is 1. The molecule has 0 amide bonds. The minimum absolute atomic E-state index is 0.694. The highest BCUT2D eigenvalue weighted by atomic mass is 15.2. The predicted molar refractivity (Wildman–Crippen MR) is 78.8 cm³/mol. The summed E-state index contributed by atoms with van der Waals surface area (Å²) in [5, 5.41) is 3.85. The van der Waals surface area contributed by atoms with Crippen LogP contribution < -0.4 is 5.32 Å². The van der Waals surface area contributed by atoms with Gasteiger partial charge in [-0.2, -0.15) is 0 Å². The normalized spacial score (nSPS) is 31.0. The third kappa shape index (κ3) is 3.71. The molecule has 0 aromatic rings. The molecule has 1 saturated heterocycles. The minimum atomic E-state index is 0.694. The van der Waals surface area contributed by atoms with E-state index in [-0.39, 0.29) is 0 Å². The average molecular weight is 252 g/mol. The van der Waals surface area contributed by atoms with Crippen LogP contribution in [0.4, 0.5) is 0 Å². The van der Waals surface area contributed by atoms with Crippen LogP contribution in [0.3, 0.4) is 0 Å². The Morgan fingerprint density at radius 3 is 2.33 bits per heavy atom. The van der Waals surface area contributed by atoms with Crippen LogP contribution in [-0.4, -0.2) is 36.6 Å². The van der Waals surface area contributed by atoms with Gasteiger partial charge >= 0.3 is 0 Å². The van der Waals surface area contributed by atoms with Crippen LogP contribution in [-0.2, 0) is 0 Å². The Morgan fingerprint density at radius 2 is 1.83 bits per heavy atom. The Kier molecular flexibility index (Phi) is 5.08. The van der Waals surface area contributed by atoms with Gasteiger partial charge in [-0.05, 0) is 57.4 Å². The molecule has 2 atom stereocenters. The van der Waals surface area contributed by atoms with Gasteiger partial charge in [-0.3, -0.25) is 4.90 Å². The SMILES string of the molecule is CC(C)C1CC(NCC2CCC2)CN(C(C)C)C1. The lowest BCUT2D eigenvalue weighted by Crippen LogP contribution is -2.53. The fourth-order valence-electron chi connectivity index (χ4n) is 3.26. The maximum Gasteiger partial charge on any atom is 0.0198 e. The van der Waals surface area contributed by atoms with Crippen LogP contribution in [0.25, 0.3) is 0 Å². The number of nitrogens with one attached hydrogen (secondary N) is 1. The number of likely N-dealkylation sites (tertiary alicyclic amines) is 1. The molecule has 0 radical (unpaired) electrons. The fourth-order valence-corrected chi connectivity index (χ4v) is 3.26. The van der Waals surface area contributed by atoms with Crippen molar-refractivity contribution >= 4 is 0 Å². The van der Waals surface area contributed by atoms with Crippen LogP contribution in [0.2, 0.25) is 0 Å². The molecule has 0 spiro atoms. The highest BCUT2D eigenvalue weighted by Crippen LogP contribution is 2.28. The van der Waals surface area contributed by atoms with Gasteiger partial charge in [-0.1, -0.05) is 20.3 Å². The van der Waals surface area contributed by atoms with Crippen molar-refractivity contribution in [2.45, 2.75) is 65.5 Å². The van der Waals surface area contributed by atoms with Gasteiger partial charge in [0.1, 0.15) is 0 Å². The molecule has 2 fully saturated rings. The molecule has 0 bridgehead atoms. The molecular formula is C16H32N2. The quantitative estimate of drug-likeness (QED) is 0.809. The second-order valence-electron chi connectivity index (χ2n) is 7.19. The van der Waals surface area contributed by atoms with Crippen molar-refractivity contribution in [3.05, 3.63) is 0 Å². The summed E-state index contributed by atoms with van der Waals surface area (Å²) < 4.78 is 0. The average Bonchev–Trinajstić information content (AvgIpc) is 2.26. The van der Waals surface area contributed by atoms with E-state index < -0.39 is 0 Å². The molecule has 2 unspecified atom stereocenters. The topological polar surface area (TPSA) is 15.3 Å². The summed E-state index contributed by atoms with van der Waals surface area (Å²) in [5.41, 5.74) is 0. The van der Waals surface area contributed by atoms with E-state index in [1.165, 1.54) is 45.3 Å². The van der Waals surface area contributed by atoms with Crippen LogP contribution in [0.1, 0.15) is 53.4 Å². The van der Waals surface area contributed by atoms with Gasteiger partial charge in [0.05, 0.1) is 0 Å². The second-order valence-corrected chi connectivity index (χ2v) is 7.19. The molecule has 1 heterocycles. The Hall–Kier alpha value is -0.0800. The standard InChI is InChI=1S/C16H32N2/c1-12(2)15-8-16(11-18(10-15)13(3)4)17-9-14-6-5-7-14/h12-17H,5-11H2,1-4H3. The summed E-state index contributed by atoms with van der Waals surface area (Å²) in [4.78, 5) is 2.67. The monoisotopic (exact) mass is 252 g/mol. The molecule has 0 aromatic heterocycles. The highest BCUT2D eigenvalue weighted by Gasteiger charge is 2.30. The van der Waals surface area contributed by atoms with Crippen molar-refractivity contribution in [3.8, 4) is 0 Å². The Balaban J connectivity index is 1.83. The van der Waals surface area contributed by atoms with Crippen molar-refractivity contribution in [1.29, 1.82) is 0 Å². The van der Waals surface area contributed by atoms with Crippen molar-refractivity contribution in [1.82, 2.24) is 10.2 Å². The summed E-state index contributed by atoms with van der Waals surface area (Å²) in [6.45, 7) is 13.3. The molecule has 2 nitrogen and oxygen atoms in total. The summed E-state index contributed by atoms with van der Waals surface area (Å²) in [6, 6.07) is 1.42. The van der Waals surface area contributed by atoms with Gasteiger partial charge < -0.3 is 5.32 Å². The largest absolute Gasteiger partial charge is 0.312 e. The van der Waals surface area contributed by atoms with Gasteiger partial charge in [0.15, 0.2) is 0 Å². The first-order chi connectivity index (χ1) is 8.56. The molecular weight excluding hydrogens is 220 g/mol. The van der Waals surface area contributed by atoms with E-state index in [2.05, 4.69) is 37.9 Å². The van der Waals surface area contributed by atoms with E-state index in [1.54, 1.807) is 0 Å². The van der Waals surface area contributed by atoms with Crippen LogP contribution in [0, 0.1) is 17.8 Å². The van der Waals surface area contributed by atoms with E-state index >= 15 is 0 Å². The third-order valence-corrected chi connectivity index (χ3v) is 5.10. The van der Waals surface area contributed by atoms with Gasteiger partial charge in [0, 0.05) is 25.2 Å². The molecule has 1 saturated carbocycles. The van der Waals surface area contributed by atoms with Crippen LogP contribution in [0.15, 0.2) is 0 Å². The smallest absolute Gasteiger partial charge is 0.0198 e. The van der Waals surface area contributed by atoms with Crippen LogP contribution >= 0.6 is 0 Å². The van der Waals surface area contributed by atoms with E-state index in [4.69, 9.17) is 0 Å². The lowest BCUT2D eigenvalue weighted by molar-refractivity contribution is 0.0870. The first kappa shape index (κ1) is 14.3. The summed E-state index contributed by atoms with van der Waals surface area (Å²) in [5.74, 6) is 2.68. The molecule has 1 aliphatic carbocycles. The Morgan fingerprint density at radius 1 is 1.11 bits per heavy atom. The predicted octanol–water partition coefficient (Wildman–Crippen LogP) is 3.13. The van der Waals surface area contributed by atoms with E-state index in [0.717, 1.165) is 23.8 Å². The van der Waals surface area contributed by atoms with Gasteiger partial charge in [-0.25, -0.2) is 0 Å². The number of hydrogen-bond acceptors (Lipinski definition) is 2. The summed E-state index contributed by atoms with van der Waals surface area (Å²) in [7, 11) is 0. The minimum Gasteiger partial charge on any atom is -0.312 e.